The highest BCUT2D eigenvalue weighted by molar-refractivity contribution is 5.83. The maximum Gasteiger partial charge on any atom is 0.0481 e. The highest BCUT2D eigenvalue weighted by atomic mass is 14.9. The van der Waals surface area contributed by atoms with Crippen molar-refractivity contribution < 1.29 is 0 Å². The Labute approximate surface area is 110 Å². The topological polar surface area (TPSA) is 17.0 Å². The van der Waals surface area contributed by atoms with Crippen LogP contribution in [0.15, 0.2) is 30.5 Å². The van der Waals surface area contributed by atoms with Crippen molar-refractivity contribution in [3.05, 3.63) is 36.0 Å². The summed E-state index contributed by atoms with van der Waals surface area (Å²) in [5.41, 5.74) is 2.70. The van der Waals surface area contributed by atoms with E-state index in [0.29, 0.717) is 0 Å². The van der Waals surface area contributed by atoms with Gasteiger partial charge in [0.2, 0.25) is 0 Å². The third kappa shape index (κ3) is 2.75. The van der Waals surface area contributed by atoms with Gasteiger partial charge in [-0.15, -0.1) is 0 Å². The Hall–Kier alpha value is -1.28. The lowest BCUT2D eigenvalue weighted by Gasteiger charge is -2.15. The highest BCUT2D eigenvalue weighted by Crippen LogP contribution is 2.20. The van der Waals surface area contributed by atoms with Crippen LogP contribution >= 0.6 is 0 Å². The number of aryl methyl sites for hydroxylation is 1. The molecular formula is C16H24N2. The summed E-state index contributed by atoms with van der Waals surface area (Å²) in [6.07, 6.45) is 2.23. The van der Waals surface area contributed by atoms with E-state index in [2.05, 4.69) is 68.2 Å². The fraction of sp³-hybridized carbons (Fsp3) is 0.500. The Morgan fingerprint density at radius 2 is 1.89 bits per heavy atom. The lowest BCUT2D eigenvalue weighted by Crippen LogP contribution is -2.23. The summed E-state index contributed by atoms with van der Waals surface area (Å²) < 4.78 is 2.21. The fourth-order valence-corrected chi connectivity index (χ4v) is 2.24. The van der Waals surface area contributed by atoms with Gasteiger partial charge in [0.15, 0.2) is 0 Å². The SMILES string of the molecule is CC(C)[C@H](C)CNCc1cn(C)c2ccccc12. The summed E-state index contributed by atoms with van der Waals surface area (Å²) in [4.78, 5) is 0. The van der Waals surface area contributed by atoms with Gasteiger partial charge in [-0.25, -0.2) is 0 Å². The van der Waals surface area contributed by atoms with Gasteiger partial charge in [-0.1, -0.05) is 39.0 Å². The van der Waals surface area contributed by atoms with E-state index in [1.54, 1.807) is 0 Å². The van der Waals surface area contributed by atoms with Crippen molar-refractivity contribution in [1.29, 1.82) is 0 Å². The van der Waals surface area contributed by atoms with E-state index in [9.17, 15) is 0 Å². The average molecular weight is 244 g/mol. The summed E-state index contributed by atoms with van der Waals surface area (Å²) in [5.74, 6) is 1.46. The van der Waals surface area contributed by atoms with Crippen molar-refractivity contribution in [2.24, 2.45) is 18.9 Å². The van der Waals surface area contributed by atoms with Crippen molar-refractivity contribution in [2.75, 3.05) is 6.54 Å². The molecular weight excluding hydrogens is 220 g/mol. The minimum absolute atomic E-state index is 0.722. The van der Waals surface area contributed by atoms with Crippen molar-refractivity contribution in [3.8, 4) is 0 Å². The van der Waals surface area contributed by atoms with E-state index >= 15 is 0 Å². The molecule has 98 valence electrons. The number of fused-ring (bicyclic) bond motifs is 1. The van der Waals surface area contributed by atoms with Crippen LogP contribution in [0.4, 0.5) is 0 Å². The smallest absolute Gasteiger partial charge is 0.0481 e. The van der Waals surface area contributed by atoms with Crippen LogP contribution < -0.4 is 5.32 Å². The minimum Gasteiger partial charge on any atom is -0.350 e. The van der Waals surface area contributed by atoms with Gasteiger partial charge in [0, 0.05) is 30.7 Å². The molecule has 1 N–H and O–H groups in total. The number of nitrogens with zero attached hydrogens (tertiary/aromatic N) is 1. The van der Waals surface area contributed by atoms with E-state index in [-0.39, 0.29) is 0 Å². The molecule has 0 saturated carbocycles. The monoisotopic (exact) mass is 244 g/mol. The van der Waals surface area contributed by atoms with Gasteiger partial charge in [-0.05, 0) is 30.0 Å². The van der Waals surface area contributed by atoms with Gasteiger partial charge in [0.25, 0.3) is 0 Å². The zero-order valence-corrected chi connectivity index (χ0v) is 11.9. The summed E-state index contributed by atoms with van der Waals surface area (Å²) in [7, 11) is 2.11. The second-order valence-corrected chi connectivity index (χ2v) is 5.63. The number of hydrogen-bond acceptors (Lipinski definition) is 1. The normalized spacial score (nSPS) is 13.4. The van der Waals surface area contributed by atoms with Gasteiger partial charge in [0.05, 0.1) is 0 Å². The van der Waals surface area contributed by atoms with Crippen molar-refractivity contribution in [1.82, 2.24) is 9.88 Å². The molecule has 18 heavy (non-hydrogen) atoms. The van der Waals surface area contributed by atoms with E-state index in [0.717, 1.165) is 24.9 Å². The van der Waals surface area contributed by atoms with Crippen molar-refractivity contribution >= 4 is 10.9 Å². The third-order valence-electron chi connectivity index (χ3n) is 3.90. The first-order valence-electron chi connectivity index (χ1n) is 6.83. The zero-order valence-electron chi connectivity index (χ0n) is 11.9. The summed E-state index contributed by atoms with van der Waals surface area (Å²) in [6, 6.07) is 8.59. The molecule has 0 saturated heterocycles. The van der Waals surface area contributed by atoms with Gasteiger partial charge in [-0.2, -0.15) is 0 Å². The summed E-state index contributed by atoms with van der Waals surface area (Å²) in [5, 5.41) is 4.94. The number of hydrogen-bond donors (Lipinski definition) is 1. The van der Waals surface area contributed by atoms with Gasteiger partial charge in [0.1, 0.15) is 0 Å². The number of rotatable bonds is 5. The molecule has 0 bridgehead atoms. The highest BCUT2D eigenvalue weighted by Gasteiger charge is 2.08. The van der Waals surface area contributed by atoms with E-state index in [1.807, 2.05) is 0 Å². The predicted octanol–water partition coefficient (Wildman–Crippen LogP) is 3.56. The first kappa shape index (κ1) is 13.2. The van der Waals surface area contributed by atoms with Crippen molar-refractivity contribution in [2.45, 2.75) is 27.3 Å². The van der Waals surface area contributed by atoms with Gasteiger partial charge in [-0.3, -0.25) is 0 Å². The molecule has 0 aliphatic heterocycles. The average Bonchev–Trinajstić information content (AvgIpc) is 2.67. The van der Waals surface area contributed by atoms with Crippen LogP contribution in [0.3, 0.4) is 0 Å². The molecule has 2 nitrogen and oxygen atoms in total. The van der Waals surface area contributed by atoms with E-state index in [1.165, 1.54) is 16.5 Å². The molecule has 2 aromatic rings. The molecule has 1 atom stereocenters. The molecule has 0 aliphatic carbocycles. The first-order valence-corrected chi connectivity index (χ1v) is 6.83. The van der Waals surface area contributed by atoms with Crippen LogP contribution in [0.25, 0.3) is 10.9 Å². The largest absolute Gasteiger partial charge is 0.350 e. The van der Waals surface area contributed by atoms with Crippen molar-refractivity contribution in [3.63, 3.8) is 0 Å². The minimum atomic E-state index is 0.722. The molecule has 0 unspecified atom stereocenters. The molecule has 0 fully saturated rings. The molecule has 1 aromatic heterocycles. The second kappa shape index (κ2) is 5.57. The van der Waals surface area contributed by atoms with Crippen LogP contribution in [0, 0.1) is 11.8 Å². The van der Waals surface area contributed by atoms with Crippen LogP contribution in [0.5, 0.6) is 0 Å². The Bertz CT molecular complexity index is 511. The summed E-state index contributed by atoms with van der Waals surface area (Å²) >= 11 is 0. The Morgan fingerprint density at radius 1 is 1.17 bits per heavy atom. The van der Waals surface area contributed by atoms with Crippen LogP contribution in [-0.2, 0) is 13.6 Å². The van der Waals surface area contributed by atoms with Gasteiger partial charge >= 0.3 is 0 Å². The van der Waals surface area contributed by atoms with Gasteiger partial charge < -0.3 is 9.88 Å². The molecule has 1 aromatic carbocycles. The number of nitrogens with one attached hydrogen (secondary N) is 1. The lowest BCUT2D eigenvalue weighted by atomic mass is 9.98. The molecule has 0 amide bonds. The third-order valence-corrected chi connectivity index (χ3v) is 3.90. The predicted molar refractivity (Wildman–Crippen MR) is 78.6 cm³/mol. The van der Waals surface area contributed by atoms with Crippen LogP contribution in [-0.4, -0.2) is 11.1 Å². The second-order valence-electron chi connectivity index (χ2n) is 5.63. The maximum atomic E-state index is 3.57. The van der Waals surface area contributed by atoms with Crippen LogP contribution in [0.1, 0.15) is 26.3 Å². The first-order chi connectivity index (χ1) is 8.59. The fourth-order valence-electron chi connectivity index (χ4n) is 2.24. The van der Waals surface area contributed by atoms with Crippen LogP contribution in [0.2, 0.25) is 0 Å². The molecule has 2 rings (SSSR count). The van der Waals surface area contributed by atoms with E-state index in [4.69, 9.17) is 0 Å². The Balaban J connectivity index is 2.04. The zero-order chi connectivity index (χ0) is 13.1. The molecule has 0 spiro atoms. The molecule has 2 heteroatoms. The number of benzene rings is 1. The Kier molecular flexibility index (Phi) is 4.07. The maximum absolute atomic E-state index is 3.57. The quantitative estimate of drug-likeness (QED) is 0.851. The lowest BCUT2D eigenvalue weighted by molar-refractivity contribution is 0.393. The van der Waals surface area contributed by atoms with E-state index < -0.39 is 0 Å². The molecule has 1 heterocycles. The molecule has 0 radical (unpaired) electrons. The number of aromatic nitrogens is 1. The standard InChI is InChI=1S/C16H24N2/c1-12(2)13(3)9-17-10-14-11-18(4)16-8-6-5-7-15(14)16/h5-8,11-13,17H,9-10H2,1-4H3/t13-/m1/s1. The summed E-state index contributed by atoms with van der Waals surface area (Å²) in [6.45, 7) is 8.91. The Morgan fingerprint density at radius 3 is 2.61 bits per heavy atom. The number of para-hydroxylation sites is 1. The molecule has 0 aliphatic rings.